The SMILES string of the molecule is O=C(c1ncc(-c2ccccc2Nc2ccccc2)s1)S(=O)(=O)c1ccc([N+](=O)[O-])cc1. The predicted molar refractivity (Wildman–Crippen MR) is 122 cm³/mol. The van der Waals surface area contributed by atoms with Gasteiger partial charge in [0.15, 0.2) is 5.01 Å². The van der Waals surface area contributed by atoms with Gasteiger partial charge in [0.1, 0.15) is 0 Å². The van der Waals surface area contributed by atoms with Crippen LogP contribution in [0.15, 0.2) is 90.0 Å². The number of hydrogen-bond donors (Lipinski definition) is 1. The minimum absolute atomic E-state index is 0.187. The second-order valence-electron chi connectivity index (χ2n) is 6.61. The number of aromatic nitrogens is 1. The van der Waals surface area contributed by atoms with E-state index < -0.39 is 19.9 Å². The van der Waals surface area contributed by atoms with Gasteiger partial charge in [-0.15, -0.1) is 11.3 Å². The van der Waals surface area contributed by atoms with Crippen LogP contribution in [0.4, 0.5) is 17.1 Å². The van der Waals surface area contributed by atoms with Crippen LogP contribution in [0.3, 0.4) is 0 Å². The van der Waals surface area contributed by atoms with Crippen molar-refractivity contribution in [3.63, 3.8) is 0 Å². The van der Waals surface area contributed by atoms with E-state index in [0.29, 0.717) is 4.88 Å². The lowest BCUT2D eigenvalue weighted by Gasteiger charge is -2.10. The van der Waals surface area contributed by atoms with E-state index in [2.05, 4.69) is 10.3 Å². The van der Waals surface area contributed by atoms with Crippen molar-refractivity contribution in [1.82, 2.24) is 4.98 Å². The number of carbonyl (C=O) groups is 1. The van der Waals surface area contributed by atoms with Gasteiger partial charge in [0.2, 0.25) is 9.84 Å². The molecule has 0 fully saturated rings. The fraction of sp³-hybridized carbons (Fsp3) is 0. The third-order valence-corrected chi connectivity index (χ3v) is 7.26. The highest BCUT2D eigenvalue weighted by Gasteiger charge is 2.29. The summed E-state index contributed by atoms with van der Waals surface area (Å²) in [5, 5.41) is 12.7. The summed E-state index contributed by atoms with van der Waals surface area (Å²) in [6.07, 6.45) is 1.45. The minimum Gasteiger partial charge on any atom is -0.355 e. The third kappa shape index (κ3) is 4.27. The molecule has 0 spiro atoms. The molecule has 1 N–H and O–H groups in total. The van der Waals surface area contributed by atoms with Gasteiger partial charge in [0.05, 0.1) is 14.7 Å². The van der Waals surface area contributed by atoms with Crippen LogP contribution in [0.2, 0.25) is 0 Å². The molecule has 160 valence electrons. The maximum Gasteiger partial charge on any atom is 0.309 e. The van der Waals surface area contributed by atoms with E-state index >= 15 is 0 Å². The van der Waals surface area contributed by atoms with E-state index in [1.54, 1.807) is 0 Å². The molecule has 4 aromatic rings. The highest BCUT2D eigenvalue weighted by molar-refractivity contribution is 8.07. The average molecular weight is 466 g/mol. The standard InChI is InChI=1S/C22H15N3O5S2/c26-22(32(29,30)17-12-10-16(11-13-17)25(27)28)21-23-14-20(31-21)18-8-4-5-9-19(18)24-15-6-2-1-3-7-15/h1-14,24H. The molecule has 1 aromatic heterocycles. The molecular formula is C22H15N3O5S2. The number of nitrogens with zero attached hydrogens (tertiary/aromatic N) is 2. The molecule has 0 aliphatic carbocycles. The minimum atomic E-state index is -4.39. The zero-order valence-electron chi connectivity index (χ0n) is 16.3. The molecule has 0 saturated heterocycles. The molecule has 10 heteroatoms. The first-order chi connectivity index (χ1) is 15.4. The van der Waals surface area contributed by atoms with Crippen molar-refractivity contribution in [2.45, 2.75) is 4.90 Å². The van der Waals surface area contributed by atoms with Crippen molar-refractivity contribution < 1.29 is 18.1 Å². The average Bonchev–Trinajstić information content (AvgIpc) is 3.29. The zero-order valence-corrected chi connectivity index (χ0v) is 18.0. The molecule has 0 radical (unpaired) electrons. The van der Waals surface area contributed by atoms with Crippen LogP contribution < -0.4 is 5.32 Å². The molecule has 0 unspecified atom stereocenters. The van der Waals surface area contributed by atoms with Crippen molar-refractivity contribution >= 4 is 43.4 Å². The van der Waals surface area contributed by atoms with E-state index in [1.807, 2.05) is 54.6 Å². The van der Waals surface area contributed by atoms with Crippen LogP contribution in [-0.4, -0.2) is 23.4 Å². The Morgan fingerprint density at radius 1 is 0.938 bits per heavy atom. The van der Waals surface area contributed by atoms with E-state index in [-0.39, 0.29) is 15.6 Å². The topological polar surface area (TPSA) is 119 Å². The first-order valence-electron chi connectivity index (χ1n) is 9.27. The van der Waals surface area contributed by atoms with Gasteiger partial charge in [-0.05, 0) is 30.3 Å². The summed E-state index contributed by atoms with van der Waals surface area (Å²) in [7, 11) is -4.39. The number of para-hydroxylation sites is 2. The second-order valence-corrected chi connectivity index (χ2v) is 9.49. The molecule has 0 atom stereocenters. The number of nitrogens with one attached hydrogen (secondary N) is 1. The molecule has 1 heterocycles. The summed E-state index contributed by atoms with van der Waals surface area (Å²) in [4.78, 5) is 27.2. The lowest BCUT2D eigenvalue weighted by Crippen LogP contribution is -2.15. The number of benzene rings is 3. The highest BCUT2D eigenvalue weighted by Crippen LogP contribution is 2.34. The molecule has 8 nitrogen and oxygen atoms in total. The van der Waals surface area contributed by atoms with E-state index in [0.717, 1.165) is 52.5 Å². The third-order valence-electron chi connectivity index (χ3n) is 4.53. The van der Waals surface area contributed by atoms with Crippen molar-refractivity contribution in [3.05, 3.63) is 100 Å². The maximum atomic E-state index is 12.7. The van der Waals surface area contributed by atoms with E-state index in [4.69, 9.17) is 0 Å². The fourth-order valence-corrected chi connectivity index (χ4v) is 5.18. The maximum absolute atomic E-state index is 12.7. The van der Waals surface area contributed by atoms with Gasteiger partial charge in [-0.25, -0.2) is 13.4 Å². The summed E-state index contributed by atoms with van der Waals surface area (Å²) >= 11 is 0.960. The van der Waals surface area contributed by atoms with Crippen molar-refractivity contribution in [3.8, 4) is 10.4 Å². The summed E-state index contributed by atoms with van der Waals surface area (Å²) in [5.74, 6) is 0. The summed E-state index contributed by atoms with van der Waals surface area (Å²) in [6, 6.07) is 21.1. The number of sulfone groups is 1. The Labute approximate surface area is 187 Å². The normalized spacial score (nSPS) is 11.1. The number of nitro benzene ring substituents is 1. The number of non-ortho nitro benzene ring substituents is 1. The molecule has 0 saturated carbocycles. The van der Waals surface area contributed by atoms with Crippen LogP contribution in [-0.2, 0) is 9.84 Å². The highest BCUT2D eigenvalue weighted by atomic mass is 32.2. The molecule has 32 heavy (non-hydrogen) atoms. The molecule has 3 aromatic carbocycles. The zero-order chi connectivity index (χ0) is 22.7. The molecule has 0 aliphatic rings. The van der Waals surface area contributed by atoms with Crippen LogP contribution >= 0.6 is 11.3 Å². The van der Waals surface area contributed by atoms with Gasteiger partial charge in [0.25, 0.3) is 5.69 Å². The van der Waals surface area contributed by atoms with Crippen LogP contribution in [0, 0.1) is 10.1 Å². The quantitative estimate of drug-likeness (QED) is 0.312. The Hall–Kier alpha value is -3.89. The molecule has 0 amide bonds. The van der Waals surface area contributed by atoms with Gasteiger partial charge in [0, 0.05) is 35.3 Å². The number of thiazole rings is 1. The smallest absolute Gasteiger partial charge is 0.309 e. The number of hydrogen-bond acceptors (Lipinski definition) is 8. The van der Waals surface area contributed by atoms with Gasteiger partial charge in [-0.1, -0.05) is 36.4 Å². The second kappa shape index (κ2) is 8.69. The number of nitro groups is 1. The first-order valence-corrected chi connectivity index (χ1v) is 11.6. The Balaban J connectivity index is 1.63. The predicted octanol–water partition coefficient (Wildman–Crippen LogP) is 5.08. The van der Waals surface area contributed by atoms with Gasteiger partial charge in [-0.3, -0.25) is 14.9 Å². The van der Waals surface area contributed by atoms with Gasteiger partial charge >= 0.3 is 5.12 Å². The van der Waals surface area contributed by atoms with Crippen molar-refractivity contribution in [2.75, 3.05) is 5.32 Å². The lowest BCUT2D eigenvalue weighted by atomic mass is 10.1. The Kier molecular flexibility index (Phi) is 5.80. The van der Waals surface area contributed by atoms with Crippen LogP contribution in [0.1, 0.15) is 9.80 Å². The van der Waals surface area contributed by atoms with Gasteiger partial charge in [-0.2, -0.15) is 0 Å². The summed E-state index contributed by atoms with van der Waals surface area (Å²) in [5.41, 5.74) is 2.15. The van der Waals surface area contributed by atoms with Crippen LogP contribution in [0.5, 0.6) is 0 Å². The molecule has 0 bridgehead atoms. The fourth-order valence-electron chi connectivity index (χ4n) is 2.95. The lowest BCUT2D eigenvalue weighted by molar-refractivity contribution is -0.384. The number of carbonyl (C=O) groups excluding carboxylic acids is 1. The molecule has 0 aliphatic heterocycles. The molecule has 4 rings (SSSR count). The first kappa shape index (κ1) is 21.3. The summed E-state index contributed by atoms with van der Waals surface area (Å²) < 4.78 is 25.4. The number of rotatable bonds is 6. The molecular weight excluding hydrogens is 450 g/mol. The Morgan fingerprint density at radius 2 is 1.59 bits per heavy atom. The van der Waals surface area contributed by atoms with Crippen molar-refractivity contribution in [1.29, 1.82) is 0 Å². The van der Waals surface area contributed by atoms with Crippen molar-refractivity contribution in [2.24, 2.45) is 0 Å². The Morgan fingerprint density at radius 3 is 2.28 bits per heavy atom. The number of anilines is 2. The summed E-state index contributed by atoms with van der Waals surface area (Å²) in [6.45, 7) is 0. The van der Waals surface area contributed by atoms with E-state index in [9.17, 15) is 23.3 Å². The monoisotopic (exact) mass is 465 g/mol. The van der Waals surface area contributed by atoms with Gasteiger partial charge < -0.3 is 5.32 Å². The Bertz CT molecular complexity index is 1400. The van der Waals surface area contributed by atoms with Crippen LogP contribution in [0.25, 0.3) is 10.4 Å². The van der Waals surface area contributed by atoms with E-state index in [1.165, 1.54) is 6.20 Å². The largest absolute Gasteiger partial charge is 0.355 e.